The first-order valence-corrected chi connectivity index (χ1v) is 8.78. The lowest BCUT2D eigenvalue weighted by Crippen LogP contribution is -2.45. The van der Waals surface area contributed by atoms with Gasteiger partial charge in [-0.25, -0.2) is 4.79 Å². The van der Waals surface area contributed by atoms with E-state index in [9.17, 15) is 9.59 Å². The van der Waals surface area contributed by atoms with Crippen LogP contribution < -0.4 is 20.1 Å². The molecular formula is C20H23N3O4. The summed E-state index contributed by atoms with van der Waals surface area (Å²) in [5.74, 6) is 1.01. The normalized spacial score (nSPS) is 15.9. The lowest BCUT2D eigenvalue weighted by molar-refractivity contribution is -0.119. The number of rotatable bonds is 5. The largest absolute Gasteiger partial charge is 0.497 e. The number of hydrogen-bond acceptors (Lipinski definition) is 4. The van der Waals surface area contributed by atoms with E-state index in [1.807, 2.05) is 12.1 Å². The van der Waals surface area contributed by atoms with Crippen molar-refractivity contribution >= 4 is 23.3 Å². The number of anilines is 2. The minimum atomic E-state index is -0.527. The maximum Gasteiger partial charge on any atom is 0.322 e. The van der Waals surface area contributed by atoms with E-state index in [2.05, 4.69) is 10.6 Å². The van der Waals surface area contributed by atoms with Crippen LogP contribution >= 0.6 is 0 Å². The molecule has 0 aromatic heterocycles. The summed E-state index contributed by atoms with van der Waals surface area (Å²) in [7, 11) is 3.12. The lowest BCUT2D eigenvalue weighted by atomic mass is 10.2. The summed E-state index contributed by atoms with van der Waals surface area (Å²) in [6.07, 6.45) is 1.39. The molecule has 3 rings (SSSR count). The van der Waals surface area contributed by atoms with Gasteiger partial charge in [0.05, 0.1) is 19.9 Å². The van der Waals surface area contributed by atoms with Crippen molar-refractivity contribution in [3.63, 3.8) is 0 Å². The van der Waals surface area contributed by atoms with Gasteiger partial charge in [0.25, 0.3) is 0 Å². The number of carbonyl (C=O) groups excluding carboxylic acids is 2. The summed E-state index contributed by atoms with van der Waals surface area (Å²) >= 11 is 0. The summed E-state index contributed by atoms with van der Waals surface area (Å²) < 4.78 is 10.4. The van der Waals surface area contributed by atoms with Crippen LogP contribution in [0.25, 0.3) is 0 Å². The Labute approximate surface area is 158 Å². The summed E-state index contributed by atoms with van der Waals surface area (Å²) in [6.45, 7) is 0.528. The third-order valence-electron chi connectivity index (χ3n) is 4.50. The third kappa shape index (κ3) is 4.31. The first kappa shape index (κ1) is 18.6. The molecule has 0 radical (unpaired) electrons. The number of likely N-dealkylation sites (tertiary alicyclic amines) is 1. The van der Waals surface area contributed by atoms with Crippen LogP contribution in [0, 0.1) is 0 Å². The van der Waals surface area contributed by atoms with Gasteiger partial charge in [0, 0.05) is 18.3 Å². The Bertz CT molecular complexity index is 824. The molecule has 0 unspecified atom stereocenters. The standard InChI is InChI=1S/C20H23N3O4/c1-26-15-8-5-7-14(13-15)21-20(25)23-12-6-10-17(23)19(24)22-16-9-3-4-11-18(16)27-2/h3-5,7-9,11,13,17H,6,10,12H2,1-2H3,(H,21,25)(H,22,24)/t17-/m0/s1. The smallest absolute Gasteiger partial charge is 0.322 e. The molecule has 3 amide bonds. The second-order valence-electron chi connectivity index (χ2n) is 6.20. The highest BCUT2D eigenvalue weighted by molar-refractivity contribution is 6.00. The molecule has 0 saturated carbocycles. The van der Waals surface area contributed by atoms with Gasteiger partial charge in [-0.2, -0.15) is 0 Å². The first-order valence-electron chi connectivity index (χ1n) is 8.78. The molecule has 0 aliphatic carbocycles. The Morgan fingerprint density at radius 1 is 1.04 bits per heavy atom. The molecule has 7 heteroatoms. The minimum absolute atomic E-state index is 0.224. The maximum absolute atomic E-state index is 12.7. The van der Waals surface area contributed by atoms with Crippen molar-refractivity contribution in [2.75, 3.05) is 31.4 Å². The van der Waals surface area contributed by atoms with Gasteiger partial charge in [0.15, 0.2) is 0 Å². The highest BCUT2D eigenvalue weighted by Gasteiger charge is 2.34. The Morgan fingerprint density at radius 3 is 2.63 bits per heavy atom. The number of benzene rings is 2. The zero-order chi connectivity index (χ0) is 19.2. The fourth-order valence-corrected chi connectivity index (χ4v) is 3.14. The molecule has 2 aromatic carbocycles. The Balaban J connectivity index is 1.68. The fourth-order valence-electron chi connectivity index (χ4n) is 3.14. The van der Waals surface area contributed by atoms with E-state index in [0.717, 1.165) is 6.42 Å². The summed E-state index contributed by atoms with van der Waals surface area (Å²) in [5.41, 5.74) is 1.21. The van der Waals surface area contributed by atoms with Gasteiger partial charge in [-0.05, 0) is 37.1 Å². The number of para-hydroxylation sites is 2. The van der Waals surface area contributed by atoms with E-state index < -0.39 is 6.04 Å². The molecule has 142 valence electrons. The summed E-state index contributed by atoms with van der Waals surface area (Å²) in [5, 5.41) is 5.70. The quantitative estimate of drug-likeness (QED) is 0.847. The van der Waals surface area contributed by atoms with E-state index in [1.165, 1.54) is 0 Å². The molecule has 7 nitrogen and oxygen atoms in total. The number of methoxy groups -OCH3 is 2. The molecule has 1 atom stereocenters. The van der Waals surface area contributed by atoms with Gasteiger partial charge in [0.2, 0.25) is 5.91 Å². The SMILES string of the molecule is COc1cccc(NC(=O)N2CCC[C@H]2C(=O)Nc2ccccc2OC)c1. The third-order valence-corrected chi connectivity index (χ3v) is 4.50. The lowest BCUT2D eigenvalue weighted by Gasteiger charge is -2.24. The van der Waals surface area contributed by atoms with Crippen LogP contribution in [-0.2, 0) is 4.79 Å². The number of nitrogens with zero attached hydrogens (tertiary/aromatic N) is 1. The summed E-state index contributed by atoms with van der Waals surface area (Å²) in [6, 6.07) is 13.5. The molecule has 2 aromatic rings. The maximum atomic E-state index is 12.7. The zero-order valence-electron chi connectivity index (χ0n) is 15.4. The van der Waals surface area contributed by atoms with Gasteiger partial charge >= 0.3 is 6.03 Å². The van der Waals surface area contributed by atoms with E-state index in [0.29, 0.717) is 35.8 Å². The highest BCUT2D eigenvalue weighted by atomic mass is 16.5. The van der Waals surface area contributed by atoms with Crippen LogP contribution in [0.15, 0.2) is 48.5 Å². The van der Waals surface area contributed by atoms with E-state index in [-0.39, 0.29) is 11.9 Å². The second-order valence-corrected chi connectivity index (χ2v) is 6.20. The molecular weight excluding hydrogens is 346 g/mol. The first-order chi connectivity index (χ1) is 13.1. The van der Waals surface area contributed by atoms with E-state index >= 15 is 0 Å². The number of amides is 3. The predicted octanol–water partition coefficient (Wildman–Crippen LogP) is 3.34. The van der Waals surface area contributed by atoms with Gasteiger partial charge in [0.1, 0.15) is 17.5 Å². The van der Waals surface area contributed by atoms with Gasteiger partial charge in [-0.3, -0.25) is 4.79 Å². The molecule has 1 aliphatic rings. The fraction of sp³-hybridized carbons (Fsp3) is 0.300. The average molecular weight is 369 g/mol. The van der Waals surface area contributed by atoms with Crippen LogP contribution in [0.1, 0.15) is 12.8 Å². The average Bonchev–Trinajstić information content (AvgIpc) is 3.19. The van der Waals surface area contributed by atoms with Crippen LogP contribution in [0.2, 0.25) is 0 Å². The van der Waals surface area contributed by atoms with Crippen molar-refractivity contribution in [1.82, 2.24) is 4.90 Å². The molecule has 1 heterocycles. The van der Waals surface area contributed by atoms with Gasteiger partial charge in [-0.1, -0.05) is 18.2 Å². The monoisotopic (exact) mass is 369 g/mol. The zero-order valence-corrected chi connectivity index (χ0v) is 15.4. The summed E-state index contributed by atoms with van der Waals surface area (Å²) in [4.78, 5) is 27.0. The van der Waals surface area contributed by atoms with Crippen molar-refractivity contribution in [2.24, 2.45) is 0 Å². The van der Waals surface area contributed by atoms with Crippen LogP contribution in [-0.4, -0.2) is 43.6 Å². The Hall–Kier alpha value is -3.22. The molecule has 27 heavy (non-hydrogen) atoms. The minimum Gasteiger partial charge on any atom is -0.497 e. The Morgan fingerprint density at radius 2 is 1.85 bits per heavy atom. The van der Waals surface area contributed by atoms with Gasteiger partial charge in [-0.15, -0.1) is 0 Å². The molecule has 2 N–H and O–H groups in total. The number of nitrogens with one attached hydrogen (secondary N) is 2. The topological polar surface area (TPSA) is 79.9 Å². The van der Waals surface area contributed by atoms with Crippen molar-refractivity contribution in [1.29, 1.82) is 0 Å². The van der Waals surface area contributed by atoms with Crippen LogP contribution in [0.5, 0.6) is 11.5 Å². The highest BCUT2D eigenvalue weighted by Crippen LogP contribution is 2.26. The van der Waals surface area contributed by atoms with Crippen LogP contribution in [0.4, 0.5) is 16.2 Å². The van der Waals surface area contributed by atoms with Crippen molar-refractivity contribution < 1.29 is 19.1 Å². The molecule has 1 saturated heterocycles. The van der Waals surface area contributed by atoms with E-state index in [4.69, 9.17) is 9.47 Å². The molecule has 0 bridgehead atoms. The van der Waals surface area contributed by atoms with Crippen molar-refractivity contribution in [3.05, 3.63) is 48.5 Å². The second kappa shape index (κ2) is 8.44. The molecule has 0 spiro atoms. The predicted molar refractivity (Wildman–Crippen MR) is 103 cm³/mol. The number of urea groups is 1. The van der Waals surface area contributed by atoms with Crippen LogP contribution in [0.3, 0.4) is 0 Å². The van der Waals surface area contributed by atoms with Crippen molar-refractivity contribution in [3.8, 4) is 11.5 Å². The Kier molecular flexibility index (Phi) is 5.80. The number of ether oxygens (including phenoxy) is 2. The number of hydrogen-bond donors (Lipinski definition) is 2. The van der Waals surface area contributed by atoms with E-state index in [1.54, 1.807) is 55.5 Å². The van der Waals surface area contributed by atoms with Gasteiger partial charge < -0.3 is 25.0 Å². The molecule has 1 aliphatic heterocycles. The molecule has 1 fully saturated rings. The number of carbonyl (C=O) groups is 2. The van der Waals surface area contributed by atoms with Crippen molar-refractivity contribution in [2.45, 2.75) is 18.9 Å².